The van der Waals surface area contributed by atoms with E-state index in [2.05, 4.69) is 4.72 Å². The molecule has 6 nitrogen and oxygen atoms in total. The molecule has 3 aromatic carbocycles. The number of hydrogen-bond acceptors (Lipinski definition) is 4. The summed E-state index contributed by atoms with van der Waals surface area (Å²) in [5.41, 5.74) is 3.77. The molecule has 0 fully saturated rings. The van der Waals surface area contributed by atoms with Crippen molar-refractivity contribution in [1.29, 1.82) is 0 Å². The molecule has 4 rings (SSSR count). The Balaban J connectivity index is 1.54. The van der Waals surface area contributed by atoms with Crippen molar-refractivity contribution in [3.8, 4) is 5.75 Å². The third-order valence-electron chi connectivity index (χ3n) is 5.22. The summed E-state index contributed by atoms with van der Waals surface area (Å²) >= 11 is 0. The molecule has 0 saturated carbocycles. The molecule has 1 amide bonds. The van der Waals surface area contributed by atoms with Crippen molar-refractivity contribution < 1.29 is 17.9 Å². The summed E-state index contributed by atoms with van der Waals surface area (Å²) < 4.78 is 33.7. The fourth-order valence-electron chi connectivity index (χ4n) is 3.61. The highest BCUT2D eigenvalue weighted by Gasteiger charge is 2.27. The van der Waals surface area contributed by atoms with Crippen molar-refractivity contribution in [1.82, 2.24) is 0 Å². The van der Waals surface area contributed by atoms with Crippen LogP contribution in [0.5, 0.6) is 5.75 Å². The van der Waals surface area contributed by atoms with Crippen LogP contribution in [0.1, 0.15) is 28.4 Å². The minimum Gasteiger partial charge on any atom is -0.494 e. The fraction of sp³-hybridized carbons (Fsp3) is 0.208. The number of fused-ring (bicyclic) bond motifs is 1. The van der Waals surface area contributed by atoms with Crippen LogP contribution in [0.15, 0.2) is 71.6 Å². The summed E-state index contributed by atoms with van der Waals surface area (Å²) in [7, 11) is -3.75. The molecule has 160 valence electrons. The van der Waals surface area contributed by atoms with Gasteiger partial charge in [0.2, 0.25) is 0 Å². The number of rotatable bonds is 6. The largest absolute Gasteiger partial charge is 0.494 e. The number of nitrogens with zero attached hydrogens (tertiary/aromatic N) is 1. The van der Waals surface area contributed by atoms with Gasteiger partial charge < -0.3 is 9.64 Å². The molecule has 0 radical (unpaired) electrons. The maximum absolute atomic E-state index is 12.9. The van der Waals surface area contributed by atoms with Crippen molar-refractivity contribution >= 4 is 27.3 Å². The molecule has 0 aromatic heterocycles. The third-order valence-corrected chi connectivity index (χ3v) is 6.60. The van der Waals surface area contributed by atoms with Crippen LogP contribution in [-0.2, 0) is 16.4 Å². The van der Waals surface area contributed by atoms with E-state index in [4.69, 9.17) is 4.74 Å². The van der Waals surface area contributed by atoms with E-state index in [1.165, 1.54) is 6.07 Å². The van der Waals surface area contributed by atoms with Gasteiger partial charge in [0, 0.05) is 23.5 Å². The van der Waals surface area contributed by atoms with Crippen molar-refractivity contribution in [2.24, 2.45) is 0 Å². The monoisotopic (exact) mass is 436 g/mol. The number of benzene rings is 3. The molecule has 1 N–H and O–H groups in total. The Hall–Kier alpha value is -3.32. The highest BCUT2D eigenvalue weighted by atomic mass is 32.2. The van der Waals surface area contributed by atoms with Gasteiger partial charge in [-0.15, -0.1) is 0 Å². The van der Waals surface area contributed by atoms with E-state index in [0.29, 0.717) is 36.6 Å². The van der Waals surface area contributed by atoms with E-state index in [-0.39, 0.29) is 10.8 Å². The van der Waals surface area contributed by atoms with Crippen LogP contribution < -0.4 is 14.4 Å². The second-order valence-corrected chi connectivity index (χ2v) is 9.11. The van der Waals surface area contributed by atoms with E-state index < -0.39 is 10.0 Å². The molecule has 1 aliphatic heterocycles. The van der Waals surface area contributed by atoms with Crippen molar-refractivity contribution in [2.75, 3.05) is 22.8 Å². The van der Waals surface area contributed by atoms with Crippen LogP contribution in [-0.4, -0.2) is 27.5 Å². The highest BCUT2D eigenvalue weighted by Crippen LogP contribution is 2.32. The standard InChI is InChI=1S/C24H24N2O4S/c1-3-30-21-10-8-20(9-11-21)25-31(28,29)22-12-13-23-19(16-22)14-15-26(23)24(27)18-6-4-17(2)5-7-18/h4-13,16,25H,3,14-15H2,1-2H3. The molecule has 0 atom stereocenters. The van der Waals surface area contributed by atoms with Gasteiger partial charge in [-0.25, -0.2) is 8.42 Å². The van der Waals surface area contributed by atoms with Gasteiger partial charge in [-0.1, -0.05) is 17.7 Å². The lowest BCUT2D eigenvalue weighted by molar-refractivity contribution is 0.0989. The first-order valence-corrected chi connectivity index (χ1v) is 11.6. The predicted molar refractivity (Wildman–Crippen MR) is 121 cm³/mol. The lowest BCUT2D eigenvalue weighted by Crippen LogP contribution is -2.28. The fourth-order valence-corrected chi connectivity index (χ4v) is 4.72. The van der Waals surface area contributed by atoms with Crippen molar-refractivity contribution in [3.05, 3.63) is 83.4 Å². The minimum atomic E-state index is -3.75. The summed E-state index contributed by atoms with van der Waals surface area (Å²) in [5.74, 6) is 0.600. The zero-order valence-corrected chi connectivity index (χ0v) is 18.3. The molecule has 0 spiro atoms. The quantitative estimate of drug-likeness (QED) is 0.622. The van der Waals surface area contributed by atoms with Gasteiger partial charge in [0.25, 0.3) is 15.9 Å². The lowest BCUT2D eigenvalue weighted by Gasteiger charge is -2.18. The van der Waals surface area contributed by atoms with E-state index in [1.807, 2.05) is 38.1 Å². The Bertz CT molecular complexity index is 1200. The Morgan fingerprint density at radius 3 is 2.42 bits per heavy atom. The number of sulfonamides is 1. The Kier molecular flexibility index (Phi) is 5.69. The molecule has 1 heterocycles. The third kappa shape index (κ3) is 4.41. The molecule has 0 aliphatic carbocycles. The highest BCUT2D eigenvalue weighted by molar-refractivity contribution is 7.92. The summed E-state index contributed by atoms with van der Waals surface area (Å²) in [6.45, 7) is 4.93. The van der Waals surface area contributed by atoms with Crippen molar-refractivity contribution in [2.45, 2.75) is 25.2 Å². The number of hydrogen-bond donors (Lipinski definition) is 1. The zero-order valence-electron chi connectivity index (χ0n) is 17.5. The number of carbonyl (C=O) groups excluding carboxylic acids is 1. The van der Waals surface area contributed by atoms with Crippen LogP contribution >= 0.6 is 0 Å². The number of anilines is 2. The smallest absolute Gasteiger partial charge is 0.261 e. The predicted octanol–water partition coefficient (Wildman–Crippen LogP) is 4.40. The van der Waals surface area contributed by atoms with Crippen LogP contribution in [0, 0.1) is 6.92 Å². The van der Waals surface area contributed by atoms with E-state index >= 15 is 0 Å². The maximum atomic E-state index is 12.9. The molecule has 0 unspecified atom stereocenters. The molecule has 0 saturated heterocycles. The van der Waals surface area contributed by atoms with Crippen LogP contribution in [0.4, 0.5) is 11.4 Å². The first-order chi connectivity index (χ1) is 14.9. The zero-order chi connectivity index (χ0) is 22.0. The number of amides is 1. The topological polar surface area (TPSA) is 75.7 Å². The van der Waals surface area contributed by atoms with Crippen LogP contribution in [0.2, 0.25) is 0 Å². The van der Waals surface area contributed by atoms with Crippen LogP contribution in [0.25, 0.3) is 0 Å². The minimum absolute atomic E-state index is 0.0816. The number of ether oxygens (including phenoxy) is 1. The molecule has 1 aliphatic rings. The average molecular weight is 437 g/mol. The van der Waals surface area contributed by atoms with Gasteiger partial charge in [0.15, 0.2) is 0 Å². The summed E-state index contributed by atoms with van der Waals surface area (Å²) in [4.78, 5) is 14.8. The van der Waals surface area contributed by atoms with Gasteiger partial charge in [0.05, 0.1) is 11.5 Å². The van der Waals surface area contributed by atoms with Crippen LogP contribution in [0.3, 0.4) is 0 Å². The molecular weight excluding hydrogens is 412 g/mol. The molecule has 7 heteroatoms. The normalized spacial score (nSPS) is 13.0. The average Bonchev–Trinajstić information content (AvgIpc) is 3.18. The molecular formula is C24H24N2O4S. The van der Waals surface area contributed by atoms with Gasteiger partial charge in [-0.05, 0) is 80.4 Å². The van der Waals surface area contributed by atoms with E-state index in [1.54, 1.807) is 41.3 Å². The van der Waals surface area contributed by atoms with Gasteiger partial charge in [0.1, 0.15) is 5.75 Å². The second kappa shape index (κ2) is 8.43. The van der Waals surface area contributed by atoms with E-state index in [9.17, 15) is 13.2 Å². The lowest BCUT2D eigenvalue weighted by atomic mass is 10.1. The molecule has 3 aromatic rings. The molecule has 31 heavy (non-hydrogen) atoms. The summed E-state index contributed by atoms with van der Waals surface area (Å²) in [6, 6.07) is 19.1. The number of carbonyl (C=O) groups is 1. The van der Waals surface area contributed by atoms with E-state index in [0.717, 1.165) is 16.8 Å². The number of aryl methyl sites for hydroxylation is 1. The van der Waals surface area contributed by atoms with Gasteiger partial charge >= 0.3 is 0 Å². The Labute approximate surface area is 182 Å². The first-order valence-electron chi connectivity index (χ1n) is 10.1. The molecule has 0 bridgehead atoms. The number of nitrogens with one attached hydrogen (secondary N) is 1. The Morgan fingerprint density at radius 2 is 1.74 bits per heavy atom. The maximum Gasteiger partial charge on any atom is 0.261 e. The first kappa shape index (κ1) is 20.9. The Morgan fingerprint density at radius 1 is 1.03 bits per heavy atom. The second-order valence-electron chi connectivity index (χ2n) is 7.43. The van der Waals surface area contributed by atoms with Crippen molar-refractivity contribution in [3.63, 3.8) is 0 Å². The van der Waals surface area contributed by atoms with Gasteiger partial charge in [-0.2, -0.15) is 0 Å². The summed E-state index contributed by atoms with van der Waals surface area (Å²) in [6.07, 6.45) is 0.610. The van der Waals surface area contributed by atoms with Gasteiger partial charge in [-0.3, -0.25) is 9.52 Å². The SMILES string of the molecule is CCOc1ccc(NS(=O)(=O)c2ccc3c(c2)CCN3C(=O)c2ccc(C)cc2)cc1. The summed E-state index contributed by atoms with van der Waals surface area (Å²) in [5, 5.41) is 0.